The van der Waals surface area contributed by atoms with Crippen molar-refractivity contribution in [2.75, 3.05) is 13.1 Å². The molecule has 0 aliphatic carbocycles. The zero-order valence-electron chi connectivity index (χ0n) is 13.7. The second-order valence-electron chi connectivity index (χ2n) is 6.62. The van der Waals surface area contributed by atoms with E-state index in [1.165, 1.54) is 0 Å². The van der Waals surface area contributed by atoms with Crippen LogP contribution in [0.2, 0.25) is 0 Å². The normalized spacial score (nSPS) is 21.0. The Balaban J connectivity index is 2.00. The number of carbonyl (C=O) groups is 1. The summed E-state index contributed by atoms with van der Waals surface area (Å²) >= 11 is 0. The monoisotopic (exact) mass is 305 g/mol. The quantitative estimate of drug-likeness (QED) is 0.878. The number of nitrogens with one attached hydrogen (secondary N) is 1. The van der Waals surface area contributed by atoms with Crippen molar-refractivity contribution in [3.05, 3.63) is 30.1 Å². The minimum atomic E-state index is -0.361. The van der Waals surface area contributed by atoms with Crippen LogP contribution in [0.4, 0.5) is 4.79 Å². The van der Waals surface area contributed by atoms with Crippen LogP contribution in [-0.2, 0) is 0 Å². The Morgan fingerprint density at radius 3 is 2.77 bits per heavy atom. The van der Waals surface area contributed by atoms with Gasteiger partial charge in [-0.2, -0.15) is 0 Å². The van der Waals surface area contributed by atoms with E-state index in [0.29, 0.717) is 19.0 Å². The molecule has 22 heavy (non-hydrogen) atoms. The van der Waals surface area contributed by atoms with Crippen molar-refractivity contribution in [1.82, 2.24) is 15.2 Å². The van der Waals surface area contributed by atoms with Crippen molar-refractivity contribution in [1.29, 1.82) is 0 Å². The van der Waals surface area contributed by atoms with Crippen LogP contribution in [0.25, 0.3) is 0 Å². The maximum absolute atomic E-state index is 12.5. The molecular weight excluding hydrogens is 278 g/mol. The number of nitrogens with zero attached hydrogens (tertiary/aromatic N) is 2. The van der Waals surface area contributed by atoms with Crippen LogP contribution in [0, 0.1) is 11.8 Å². The summed E-state index contributed by atoms with van der Waals surface area (Å²) in [7, 11) is 0. The molecule has 2 N–H and O–H groups in total. The Morgan fingerprint density at radius 1 is 1.45 bits per heavy atom. The van der Waals surface area contributed by atoms with Gasteiger partial charge in [0.25, 0.3) is 0 Å². The van der Waals surface area contributed by atoms with Gasteiger partial charge in [0.15, 0.2) is 0 Å². The van der Waals surface area contributed by atoms with Crippen molar-refractivity contribution in [2.45, 2.75) is 45.8 Å². The third-order valence-electron chi connectivity index (χ3n) is 4.24. The fourth-order valence-electron chi connectivity index (χ4n) is 2.91. The SMILES string of the molecule is CC(C)C[C@H](NC(=O)N1CC[C@H]([C@@H](C)O)C1)c1ccccn1. The number of likely N-dealkylation sites (tertiary alicyclic amines) is 1. The van der Waals surface area contributed by atoms with E-state index < -0.39 is 0 Å². The van der Waals surface area contributed by atoms with Gasteiger partial charge in [0.05, 0.1) is 17.8 Å². The van der Waals surface area contributed by atoms with E-state index in [1.807, 2.05) is 18.2 Å². The number of aliphatic hydroxyl groups is 1. The molecule has 0 saturated carbocycles. The van der Waals surface area contributed by atoms with E-state index in [1.54, 1.807) is 18.0 Å². The van der Waals surface area contributed by atoms with Gasteiger partial charge in [-0.05, 0) is 37.8 Å². The van der Waals surface area contributed by atoms with Crippen LogP contribution in [-0.4, -0.2) is 40.2 Å². The first-order valence-corrected chi connectivity index (χ1v) is 8.11. The summed E-state index contributed by atoms with van der Waals surface area (Å²) in [4.78, 5) is 18.7. The molecule has 3 atom stereocenters. The molecule has 0 unspecified atom stereocenters. The van der Waals surface area contributed by atoms with Crippen molar-refractivity contribution in [3.63, 3.8) is 0 Å². The average molecular weight is 305 g/mol. The summed E-state index contributed by atoms with van der Waals surface area (Å²) in [6.07, 6.45) is 3.12. The Bertz CT molecular complexity index is 476. The fourth-order valence-corrected chi connectivity index (χ4v) is 2.91. The average Bonchev–Trinajstić information content (AvgIpc) is 2.97. The zero-order valence-corrected chi connectivity index (χ0v) is 13.7. The van der Waals surface area contributed by atoms with Crippen LogP contribution < -0.4 is 5.32 Å². The topological polar surface area (TPSA) is 65.5 Å². The molecule has 2 amide bonds. The van der Waals surface area contributed by atoms with E-state index >= 15 is 0 Å². The van der Waals surface area contributed by atoms with Gasteiger partial charge >= 0.3 is 6.03 Å². The van der Waals surface area contributed by atoms with E-state index in [4.69, 9.17) is 0 Å². The fraction of sp³-hybridized carbons (Fsp3) is 0.647. The molecule has 2 heterocycles. The standard InChI is InChI=1S/C17H27N3O2/c1-12(2)10-16(15-6-4-5-8-18-15)19-17(22)20-9-7-14(11-20)13(3)21/h4-6,8,12-14,16,21H,7,9-11H2,1-3H3,(H,19,22)/t13-,14+,16+/m1/s1. The summed E-state index contributed by atoms with van der Waals surface area (Å²) in [5.74, 6) is 0.653. The number of rotatable bonds is 5. The predicted molar refractivity (Wildman–Crippen MR) is 86.3 cm³/mol. The van der Waals surface area contributed by atoms with Crippen molar-refractivity contribution in [2.24, 2.45) is 11.8 Å². The summed E-state index contributed by atoms with van der Waals surface area (Å²) < 4.78 is 0. The number of amides is 2. The highest BCUT2D eigenvalue weighted by molar-refractivity contribution is 5.75. The van der Waals surface area contributed by atoms with Crippen molar-refractivity contribution >= 4 is 6.03 Å². The lowest BCUT2D eigenvalue weighted by molar-refractivity contribution is 0.129. The second kappa shape index (κ2) is 7.58. The van der Waals surface area contributed by atoms with Gasteiger partial charge in [-0.1, -0.05) is 19.9 Å². The molecule has 0 bridgehead atoms. The highest BCUT2D eigenvalue weighted by Gasteiger charge is 2.30. The minimum Gasteiger partial charge on any atom is -0.393 e. The molecule has 1 fully saturated rings. The maximum Gasteiger partial charge on any atom is 0.317 e. The maximum atomic E-state index is 12.5. The van der Waals surface area contributed by atoms with Crippen LogP contribution in [0.1, 0.15) is 45.3 Å². The summed E-state index contributed by atoms with van der Waals surface area (Å²) in [6.45, 7) is 7.41. The molecule has 0 aromatic carbocycles. The zero-order chi connectivity index (χ0) is 16.1. The third kappa shape index (κ3) is 4.44. The Kier molecular flexibility index (Phi) is 5.77. The number of aliphatic hydroxyl groups excluding tert-OH is 1. The molecule has 5 nitrogen and oxygen atoms in total. The predicted octanol–water partition coefficient (Wildman–Crippen LogP) is 2.58. The highest BCUT2D eigenvalue weighted by Crippen LogP contribution is 2.23. The molecule has 1 aliphatic rings. The summed E-state index contributed by atoms with van der Waals surface area (Å²) in [5.41, 5.74) is 0.899. The van der Waals surface area contributed by atoms with Crippen LogP contribution >= 0.6 is 0 Å². The highest BCUT2D eigenvalue weighted by atomic mass is 16.3. The first-order valence-electron chi connectivity index (χ1n) is 8.11. The van der Waals surface area contributed by atoms with Gasteiger partial charge in [0.1, 0.15) is 0 Å². The number of hydrogen-bond acceptors (Lipinski definition) is 3. The number of aromatic nitrogens is 1. The van der Waals surface area contributed by atoms with Crippen LogP contribution in [0.15, 0.2) is 24.4 Å². The Morgan fingerprint density at radius 2 is 2.23 bits per heavy atom. The van der Waals surface area contributed by atoms with E-state index in [9.17, 15) is 9.90 Å². The van der Waals surface area contributed by atoms with E-state index in [0.717, 1.165) is 18.5 Å². The molecule has 1 aromatic heterocycles. The van der Waals surface area contributed by atoms with Crippen LogP contribution in [0.3, 0.4) is 0 Å². The molecular formula is C17H27N3O2. The Labute approximate surface area is 132 Å². The van der Waals surface area contributed by atoms with Gasteiger partial charge in [-0.15, -0.1) is 0 Å². The smallest absolute Gasteiger partial charge is 0.317 e. The van der Waals surface area contributed by atoms with Gasteiger partial charge in [0.2, 0.25) is 0 Å². The molecule has 122 valence electrons. The lowest BCUT2D eigenvalue weighted by Gasteiger charge is -2.24. The van der Waals surface area contributed by atoms with E-state index in [-0.39, 0.29) is 24.1 Å². The van der Waals surface area contributed by atoms with Crippen LogP contribution in [0.5, 0.6) is 0 Å². The van der Waals surface area contributed by atoms with Gasteiger partial charge in [-0.3, -0.25) is 4.98 Å². The van der Waals surface area contributed by atoms with Gasteiger partial charge in [0, 0.05) is 25.2 Å². The number of urea groups is 1. The van der Waals surface area contributed by atoms with Gasteiger partial charge < -0.3 is 15.3 Å². The van der Waals surface area contributed by atoms with E-state index in [2.05, 4.69) is 24.1 Å². The summed E-state index contributed by atoms with van der Waals surface area (Å²) in [6, 6.07) is 5.65. The number of hydrogen-bond donors (Lipinski definition) is 2. The molecule has 2 rings (SSSR count). The summed E-state index contributed by atoms with van der Waals surface area (Å²) in [5, 5.41) is 12.8. The molecule has 5 heteroatoms. The lowest BCUT2D eigenvalue weighted by atomic mass is 10.0. The molecule has 1 aromatic rings. The third-order valence-corrected chi connectivity index (χ3v) is 4.24. The first-order chi connectivity index (χ1) is 10.5. The van der Waals surface area contributed by atoms with Crippen molar-refractivity contribution in [3.8, 4) is 0 Å². The largest absolute Gasteiger partial charge is 0.393 e. The molecule has 0 spiro atoms. The number of carbonyl (C=O) groups excluding carboxylic acids is 1. The molecule has 1 saturated heterocycles. The Hall–Kier alpha value is -1.62. The van der Waals surface area contributed by atoms with Gasteiger partial charge in [-0.25, -0.2) is 4.79 Å². The lowest BCUT2D eigenvalue weighted by Crippen LogP contribution is -2.41. The minimum absolute atomic E-state index is 0.0561. The molecule has 1 aliphatic heterocycles. The van der Waals surface area contributed by atoms with Crippen molar-refractivity contribution < 1.29 is 9.90 Å². The first kappa shape index (κ1) is 16.7. The molecule has 0 radical (unpaired) electrons. The number of pyridine rings is 1. The second-order valence-corrected chi connectivity index (χ2v) is 6.62.